The highest BCUT2D eigenvalue weighted by molar-refractivity contribution is 6.46. The highest BCUT2D eigenvalue weighted by Crippen LogP contribution is 2.36. The van der Waals surface area contributed by atoms with Gasteiger partial charge in [0.2, 0.25) is 5.78 Å². The molecule has 1 aliphatic heterocycles. The maximum Gasteiger partial charge on any atom is 0.336 e. The van der Waals surface area contributed by atoms with Crippen molar-refractivity contribution in [3.63, 3.8) is 0 Å². The molecule has 0 unspecified atom stereocenters. The number of halogens is 1. The Balaban J connectivity index is 1.64. The fourth-order valence-electron chi connectivity index (χ4n) is 5.84. The van der Waals surface area contributed by atoms with Crippen LogP contribution in [0.4, 0.5) is 17.1 Å². The van der Waals surface area contributed by atoms with Crippen LogP contribution in [0.15, 0.2) is 78.0 Å². The number of aliphatic hydroxyl groups is 1. The number of carbonyl (C=O) groups is 3. The van der Waals surface area contributed by atoms with Crippen molar-refractivity contribution in [2.45, 2.75) is 46.1 Å². The van der Waals surface area contributed by atoms with Crippen molar-refractivity contribution in [2.75, 3.05) is 69.9 Å². The van der Waals surface area contributed by atoms with Gasteiger partial charge in [0.05, 0.1) is 31.8 Å². The predicted octanol–water partition coefficient (Wildman–Crippen LogP) is 6.26. The molecule has 1 N–H and O–H groups in total. The maximum absolute atomic E-state index is 13.7. The molecule has 1 fully saturated rings. The zero-order chi connectivity index (χ0) is 36.8. The molecular formula is C39H49ClN4O7. The number of morpholine rings is 1. The van der Waals surface area contributed by atoms with Crippen LogP contribution >= 0.6 is 11.6 Å². The van der Waals surface area contributed by atoms with E-state index in [2.05, 4.69) is 15.0 Å². The van der Waals surface area contributed by atoms with Crippen LogP contribution in [-0.4, -0.2) is 109 Å². The first-order valence-corrected chi connectivity index (χ1v) is 18.0. The Morgan fingerprint density at radius 1 is 0.863 bits per heavy atom. The minimum atomic E-state index is -0.687. The van der Waals surface area contributed by atoms with Gasteiger partial charge in [-0.05, 0) is 99.7 Å². The fourth-order valence-corrected chi connectivity index (χ4v) is 6.00. The summed E-state index contributed by atoms with van der Waals surface area (Å²) >= 11 is 5.67. The minimum Gasteiger partial charge on any atom is -0.491 e. The molecule has 274 valence electrons. The number of anilines is 3. The highest BCUT2D eigenvalue weighted by Gasteiger charge is 2.36. The summed E-state index contributed by atoms with van der Waals surface area (Å²) < 4.78 is 11.1. The molecule has 0 bridgehead atoms. The first-order chi connectivity index (χ1) is 24.6. The van der Waals surface area contributed by atoms with Gasteiger partial charge in [0, 0.05) is 60.1 Å². The summed E-state index contributed by atoms with van der Waals surface area (Å²) in [4.78, 5) is 50.8. The second kappa shape index (κ2) is 19.5. The molecule has 3 aromatic carbocycles. The summed E-state index contributed by atoms with van der Waals surface area (Å²) in [5.74, 6) is -0.200. The molecule has 1 heterocycles. The molecule has 0 amide bonds. The number of rotatable bonds is 19. The highest BCUT2D eigenvalue weighted by atomic mass is 35.5. The first kappa shape index (κ1) is 39.7. The molecule has 4 rings (SSSR count). The van der Waals surface area contributed by atoms with Gasteiger partial charge in [-0.15, -0.1) is 11.6 Å². The van der Waals surface area contributed by atoms with E-state index in [1.807, 2.05) is 93.3 Å². The first-order valence-electron chi connectivity index (χ1n) is 17.4. The van der Waals surface area contributed by atoms with Gasteiger partial charge < -0.3 is 29.2 Å². The fraction of sp³-hybridized carbons (Fsp3) is 0.436. The van der Waals surface area contributed by atoms with Crippen LogP contribution < -0.4 is 9.64 Å². The standard InChI is InChI=1S/C39H49ClN4O7/c1-5-42(6-2)22-20-35(41-51-36(46)19-21-40)37(47)29-7-11-31(12-8-29)44(33-15-17-34(18-16-33)50-28-25-45)32-13-9-30(10-14-32)38(48)39(3,4)43-23-26-49-27-24-43/h7-18,45H,5-6,19-28H2,1-4H3/b41-35+. The van der Waals surface area contributed by atoms with E-state index in [-0.39, 0.29) is 42.8 Å². The Bertz CT molecular complexity index is 1600. The van der Waals surface area contributed by atoms with Gasteiger partial charge in [0.1, 0.15) is 18.1 Å². The van der Waals surface area contributed by atoms with Crippen LogP contribution in [0.1, 0.15) is 61.3 Å². The van der Waals surface area contributed by atoms with Gasteiger partial charge in [-0.25, -0.2) is 4.79 Å². The van der Waals surface area contributed by atoms with Gasteiger partial charge in [0.25, 0.3) is 0 Å². The van der Waals surface area contributed by atoms with E-state index in [9.17, 15) is 19.5 Å². The smallest absolute Gasteiger partial charge is 0.336 e. The van der Waals surface area contributed by atoms with Crippen molar-refractivity contribution in [3.05, 3.63) is 83.9 Å². The summed E-state index contributed by atoms with van der Waals surface area (Å²) in [6.45, 7) is 12.9. The number of nitrogens with zero attached hydrogens (tertiary/aromatic N) is 4. The average molecular weight is 721 g/mol. The van der Waals surface area contributed by atoms with Crippen molar-refractivity contribution in [3.8, 4) is 5.75 Å². The molecule has 11 nitrogen and oxygen atoms in total. The molecule has 1 saturated heterocycles. The molecular weight excluding hydrogens is 672 g/mol. The van der Waals surface area contributed by atoms with Crippen LogP contribution in [0, 0.1) is 0 Å². The summed E-state index contributed by atoms with van der Waals surface area (Å²) in [6, 6.07) is 22.1. The number of alkyl halides is 1. The summed E-state index contributed by atoms with van der Waals surface area (Å²) in [5.41, 5.74) is 2.83. The molecule has 0 atom stereocenters. The van der Waals surface area contributed by atoms with Crippen molar-refractivity contribution in [2.24, 2.45) is 5.16 Å². The second-order valence-corrected chi connectivity index (χ2v) is 12.9. The number of benzene rings is 3. The molecule has 51 heavy (non-hydrogen) atoms. The van der Waals surface area contributed by atoms with Gasteiger partial charge in [0.15, 0.2) is 5.78 Å². The number of ether oxygens (including phenoxy) is 2. The zero-order valence-corrected chi connectivity index (χ0v) is 30.7. The largest absolute Gasteiger partial charge is 0.491 e. The molecule has 0 aromatic heterocycles. The zero-order valence-electron chi connectivity index (χ0n) is 30.0. The van der Waals surface area contributed by atoms with Crippen molar-refractivity contribution < 1.29 is 33.8 Å². The van der Waals surface area contributed by atoms with Gasteiger partial charge >= 0.3 is 5.97 Å². The van der Waals surface area contributed by atoms with Crippen molar-refractivity contribution >= 4 is 51.9 Å². The van der Waals surface area contributed by atoms with Crippen LogP contribution in [0.5, 0.6) is 5.75 Å². The lowest BCUT2D eigenvalue weighted by atomic mass is 9.90. The van der Waals surface area contributed by atoms with E-state index in [4.69, 9.17) is 25.9 Å². The van der Waals surface area contributed by atoms with Gasteiger partial charge in [-0.2, -0.15) is 0 Å². The lowest BCUT2D eigenvalue weighted by molar-refractivity contribution is -0.143. The van der Waals surface area contributed by atoms with E-state index in [0.29, 0.717) is 56.1 Å². The van der Waals surface area contributed by atoms with Crippen molar-refractivity contribution in [1.82, 2.24) is 9.80 Å². The van der Waals surface area contributed by atoms with Crippen LogP contribution in [-0.2, 0) is 14.4 Å². The third-order valence-corrected chi connectivity index (χ3v) is 9.15. The topological polar surface area (TPSA) is 121 Å². The molecule has 0 spiro atoms. The van der Waals surface area contributed by atoms with E-state index in [1.54, 1.807) is 12.1 Å². The molecule has 1 aliphatic rings. The van der Waals surface area contributed by atoms with Crippen LogP contribution in [0.25, 0.3) is 0 Å². The van der Waals surface area contributed by atoms with E-state index in [1.165, 1.54) is 0 Å². The van der Waals surface area contributed by atoms with Crippen LogP contribution in [0.3, 0.4) is 0 Å². The van der Waals surface area contributed by atoms with Gasteiger partial charge in [-0.1, -0.05) is 19.0 Å². The number of Topliss-reactive ketones (excluding diaryl/α,β-unsaturated/α-hetero) is 2. The van der Waals surface area contributed by atoms with Crippen molar-refractivity contribution in [1.29, 1.82) is 0 Å². The normalized spacial score (nSPS) is 14.0. The van der Waals surface area contributed by atoms with Gasteiger partial charge in [-0.3, -0.25) is 14.5 Å². The lowest BCUT2D eigenvalue weighted by Gasteiger charge is -2.39. The molecule has 0 saturated carbocycles. The molecule has 0 aliphatic carbocycles. The number of ketones is 2. The number of hydrogen-bond donors (Lipinski definition) is 1. The SMILES string of the molecule is CCN(CC)CC/C(=N\OC(=O)CCCl)C(=O)c1ccc(N(c2ccc(OCCO)cc2)c2ccc(C(=O)C(C)(C)N3CCOCC3)cc2)cc1. The molecule has 12 heteroatoms. The summed E-state index contributed by atoms with van der Waals surface area (Å²) in [5, 5.41) is 13.1. The van der Waals surface area contributed by atoms with E-state index >= 15 is 0 Å². The molecule has 3 aromatic rings. The number of oxime groups is 1. The minimum absolute atomic E-state index is 0.0115. The van der Waals surface area contributed by atoms with Crippen LogP contribution in [0.2, 0.25) is 0 Å². The third kappa shape index (κ3) is 10.7. The lowest BCUT2D eigenvalue weighted by Crippen LogP contribution is -2.54. The predicted molar refractivity (Wildman–Crippen MR) is 200 cm³/mol. The van der Waals surface area contributed by atoms with E-state index < -0.39 is 11.5 Å². The molecule has 0 radical (unpaired) electrons. The Morgan fingerprint density at radius 2 is 1.41 bits per heavy atom. The summed E-state index contributed by atoms with van der Waals surface area (Å²) in [6.07, 6.45) is 0.295. The number of aliphatic hydroxyl groups excluding tert-OH is 1. The van der Waals surface area contributed by atoms with E-state index in [0.717, 1.165) is 30.2 Å². The number of hydrogen-bond acceptors (Lipinski definition) is 11. The monoisotopic (exact) mass is 720 g/mol. The Morgan fingerprint density at radius 3 is 1.94 bits per heavy atom. The quantitative estimate of drug-likeness (QED) is 0.0499. The summed E-state index contributed by atoms with van der Waals surface area (Å²) in [7, 11) is 0. The second-order valence-electron chi connectivity index (χ2n) is 12.5. The number of carbonyl (C=O) groups excluding carboxylic acids is 3. The Labute approximate surface area is 305 Å². The third-order valence-electron chi connectivity index (χ3n) is 8.97. The average Bonchev–Trinajstić information content (AvgIpc) is 3.16. The Kier molecular flexibility index (Phi) is 15.1. The Hall–Kier alpha value is -4.13. The maximum atomic E-state index is 13.7.